The highest BCUT2D eigenvalue weighted by atomic mass is 32.1. The second-order valence-electron chi connectivity index (χ2n) is 4.31. The predicted molar refractivity (Wildman–Crippen MR) is 80.1 cm³/mol. The number of rotatable bonds is 4. The normalized spacial score (nSPS) is 14.7. The maximum atomic E-state index is 12.0. The van der Waals surface area contributed by atoms with E-state index in [0.29, 0.717) is 37.7 Å². The van der Waals surface area contributed by atoms with E-state index in [0.717, 1.165) is 0 Å². The van der Waals surface area contributed by atoms with Crippen LogP contribution < -0.4 is 15.8 Å². The van der Waals surface area contributed by atoms with Crippen molar-refractivity contribution in [2.24, 2.45) is 5.73 Å². The number of nitrogens with zero attached hydrogens (tertiary/aromatic N) is 1. The van der Waals surface area contributed by atoms with Crippen LogP contribution in [0.4, 0.5) is 10.5 Å². The van der Waals surface area contributed by atoms with E-state index in [2.05, 4.69) is 5.32 Å². The van der Waals surface area contributed by atoms with Gasteiger partial charge in [-0.1, -0.05) is 18.3 Å². The fraction of sp³-hybridized carbons (Fsp3) is 0.385. The first-order valence-corrected chi connectivity index (χ1v) is 6.71. The maximum absolute atomic E-state index is 12.0. The first-order valence-electron chi connectivity index (χ1n) is 6.30. The zero-order valence-electron chi connectivity index (χ0n) is 11.0. The van der Waals surface area contributed by atoms with Gasteiger partial charge in [0.05, 0.1) is 13.2 Å². The lowest BCUT2D eigenvalue weighted by atomic mass is 10.3. The summed E-state index contributed by atoms with van der Waals surface area (Å²) in [6, 6.07) is 6.97. The Morgan fingerprint density at radius 1 is 1.45 bits per heavy atom. The molecule has 7 heteroatoms. The Morgan fingerprint density at radius 2 is 2.20 bits per heavy atom. The molecule has 1 saturated heterocycles. The van der Waals surface area contributed by atoms with Gasteiger partial charge < -0.3 is 25.4 Å². The molecule has 0 radical (unpaired) electrons. The van der Waals surface area contributed by atoms with Crippen LogP contribution in [0.15, 0.2) is 24.3 Å². The highest BCUT2D eigenvalue weighted by Crippen LogP contribution is 2.17. The molecule has 0 bridgehead atoms. The quantitative estimate of drug-likeness (QED) is 0.817. The van der Waals surface area contributed by atoms with Crippen LogP contribution in [0.3, 0.4) is 0 Å². The number of morpholine rings is 1. The number of carbonyl (C=O) groups is 1. The van der Waals surface area contributed by atoms with Crippen LogP contribution in [0.1, 0.15) is 0 Å². The van der Waals surface area contributed by atoms with Gasteiger partial charge >= 0.3 is 6.03 Å². The van der Waals surface area contributed by atoms with Crippen molar-refractivity contribution >= 4 is 28.9 Å². The molecule has 0 unspecified atom stereocenters. The van der Waals surface area contributed by atoms with Crippen molar-refractivity contribution in [1.29, 1.82) is 0 Å². The fourth-order valence-corrected chi connectivity index (χ4v) is 1.85. The van der Waals surface area contributed by atoms with Crippen LogP contribution >= 0.6 is 12.2 Å². The van der Waals surface area contributed by atoms with Crippen LogP contribution in [0, 0.1) is 0 Å². The van der Waals surface area contributed by atoms with E-state index in [1.807, 2.05) is 0 Å². The third kappa shape index (κ3) is 4.36. The summed E-state index contributed by atoms with van der Waals surface area (Å²) in [5.41, 5.74) is 6.04. The second-order valence-corrected chi connectivity index (χ2v) is 4.84. The van der Waals surface area contributed by atoms with Gasteiger partial charge in [0.15, 0.2) is 0 Å². The van der Waals surface area contributed by atoms with Gasteiger partial charge in [-0.3, -0.25) is 0 Å². The molecule has 0 saturated carbocycles. The molecule has 3 N–H and O–H groups in total. The van der Waals surface area contributed by atoms with Crippen molar-refractivity contribution in [3.8, 4) is 5.75 Å². The molecule has 1 aliphatic rings. The van der Waals surface area contributed by atoms with E-state index < -0.39 is 0 Å². The number of benzene rings is 1. The average Bonchev–Trinajstić information content (AvgIpc) is 2.46. The highest BCUT2D eigenvalue weighted by molar-refractivity contribution is 7.80. The van der Waals surface area contributed by atoms with Gasteiger partial charge in [0.2, 0.25) is 0 Å². The van der Waals surface area contributed by atoms with Crippen molar-refractivity contribution in [3.63, 3.8) is 0 Å². The molecule has 0 atom stereocenters. The lowest BCUT2D eigenvalue weighted by molar-refractivity contribution is 0.0564. The molecule has 0 aliphatic carbocycles. The molecule has 2 rings (SSSR count). The Kier molecular flexibility index (Phi) is 5.14. The summed E-state index contributed by atoms with van der Waals surface area (Å²) in [7, 11) is 0. The Hall–Kier alpha value is -1.86. The first-order chi connectivity index (χ1) is 9.65. The third-order valence-corrected chi connectivity index (χ3v) is 2.88. The molecule has 6 nitrogen and oxygen atoms in total. The second kappa shape index (κ2) is 7.06. The number of nitrogens with two attached hydrogens (primary N) is 1. The molecule has 0 spiro atoms. The lowest BCUT2D eigenvalue weighted by Crippen LogP contribution is -2.43. The van der Waals surface area contributed by atoms with Gasteiger partial charge in [-0.15, -0.1) is 0 Å². The molecule has 20 heavy (non-hydrogen) atoms. The molecule has 1 aromatic carbocycles. The minimum Gasteiger partial charge on any atom is -0.486 e. The van der Waals surface area contributed by atoms with Crippen molar-refractivity contribution in [3.05, 3.63) is 24.3 Å². The smallest absolute Gasteiger partial charge is 0.322 e. The van der Waals surface area contributed by atoms with Crippen molar-refractivity contribution in [1.82, 2.24) is 4.90 Å². The number of hydrogen-bond donors (Lipinski definition) is 2. The predicted octanol–water partition coefficient (Wildman–Crippen LogP) is 1.22. The summed E-state index contributed by atoms with van der Waals surface area (Å²) in [4.78, 5) is 14.0. The van der Waals surface area contributed by atoms with Gasteiger partial charge in [-0.25, -0.2) is 4.79 Å². The molecule has 108 valence electrons. The van der Waals surface area contributed by atoms with Crippen molar-refractivity contribution < 1.29 is 14.3 Å². The molecule has 0 aromatic heterocycles. The lowest BCUT2D eigenvalue weighted by Gasteiger charge is -2.26. The fourth-order valence-electron chi connectivity index (χ4n) is 1.79. The first kappa shape index (κ1) is 14.5. The van der Waals surface area contributed by atoms with E-state index in [1.165, 1.54) is 0 Å². The summed E-state index contributed by atoms with van der Waals surface area (Å²) >= 11 is 4.75. The van der Waals surface area contributed by atoms with Crippen LogP contribution in [-0.4, -0.2) is 48.8 Å². The summed E-state index contributed by atoms with van der Waals surface area (Å²) in [5.74, 6) is 0.609. The number of carbonyl (C=O) groups excluding carboxylic acids is 1. The van der Waals surface area contributed by atoms with Gasteiger partial charge in [0.1, 0.15) is 17.3 Å². The molecule has 1 heterocycles. The molecule has 1 aliphatic heterocycles. The van der Waals surface area contributed by atoms with E-state index in [1.54, 1.807) is 29.2 Å². The minimum atomic E-state index is -0.139. The molecule has 1 aromatic rings. The van der Waals surface area contributed by atoms with E-state index >= 15 is 0 Å². The summed E-state index contributed by atoms with van der Waals surface area (Å²) < 4.78 is 10.6. The minimum absolute atomic E-state index is 0.139. The summed E-state index contributed by atoms with van der Waals surface area (Å²) in [5, 5.41) is 2.83. The van der Waals surface area contributed by atoms with E-state index in [-0.39, 0.29) is 17.6 Å². The van der Waals surface area contributed by atoms with Crippen LogP contribution in [-0.2, 0) is 4.74 Å². The standard InChI is InChI=1S/C13H17N3O3S/c14-12(20)9-19-11-3-1-2-10(8-11)15-13(17)16-4-6-18-7-5-16/h1-3,8H,4-7,9H2,(H2,14,20)(H,15,17). The van der Waals surface area contributed by atoms with Gasteiger partial charge in [0, 0.05) is 24.8 Å². The van der Waals surface area contributed by atoms with Crippen LogP contribution in [0.5, 0.6) is 5.75 Å². The zero-order valence-corrected chi connectivity index (χ0v) is 11.8. The topological polar surface area (TPSA) is 76.8 Å². The number of amides is 2. The van der Waals surface area contributed by atoms with Crippen molar-refractivity contribution in [2.45, 2.75) is 0 Å². The van der Waals surface area contributed by atoms with Gasteiger partial charge in [-0.05, 0) is 12.1 Å². The monoisotopic (exact) mass is 295 g/mol. The largest absolute Gasteiger partial charge is 0.486 e. The Labute approximate surface area is 122 Å². The van der Waals surface area contributed by atoms with Crippen LogP contribution in [0.25, 0.3) is 0 Å². The average molecular weight is 295 g/mol. The highest BCUT2D eigenvalue weighted by Gasteiger charge is 2.16. The van der Waals surface area contributed by atoms with Crippen LogP contribution in [0.2, 0.25) is 0 Å². The molecular weight excluding hydrogens is 278 g/mol. The Balaban J connectivity index is 1.93. The Morgan fingerprint density at radius 3 is 2.90 bits per heavy atom. The number of hydrogen-bond acceptors (Lipinski definition) is 4. The van der Waals surface area contributed by atoms with Gasteiger partial charge in [0.25, 0.3) is 0 Å². The number of nitrogens with one attached hydrogen (secondary N) is 1. The Bertz CT molecular complexity index is 490. The van der Waals surface area contributed by atoms with Gasteiger partial charge in [-0.2, -0.15) is 0 Å². The zero-order chi connectivity index (χ0) is 14.4. The molecule has 2 amide bonds. The number of anilines is 1. The number of urea groups is 1. The van der Waals surface area contributed by atoms with E-state index in [4.69, 9.17) is 27.4 Å². The summed E-state index contributed by atoms with van der Waals surface area (Å²) in [6.45, 7) is 2.53. The molecule has 1 fully saturated rings. The number of ether oxygens (including phenoxy) is 2. The van der Waals surface area contributed by atoms with E-state index in [9.17, 15) is 4.79 Å². The van der Waals surface area contributed by atoms with Crippen molar-refractivity contribution in [2.75, 3.05) is 38.2 Å². The SMILES string of the molecule is NC(=S)COc1cccc(NC(=O)N2CCOCC2)c1. The third-order valence-electron chi connectivity index (χ3n) is 2.76. The number of thiocarbonyl (C=S) groups is 1. The summed E-state index contributed by atoms with van der Waals surface area (Å²) in [6.07, 6.45) is 0. The maximum Gasteiger partial charge on any atom is 0.322 e. The molecular formula is C13H17N3O3S.